The van der Waals surface area contributed by atoms with Crippen molar-refractivity contribution in [3.05, 3.63) is 23.3 Å². The maximum Gasteiger partial charge on any atom is 0.129 e. The van der Waals surface area contributed by atoms with Crippen LogP contribution in [-0.4, -0.2) is 25.9 Å². The molecule has 0 aliphatic rings. The van der Waals surface area contributed by atoms with Crippen molar-refractivity contribution < 1.29 is 14.6 Å². The lowest BCUT2D eigenvalue weighted by atomic mass is 9.96. The Kier molecular flexibility index (Phi) is 4.62. The second-order valence-electron chi connectivity index (χ2n) is 3.81. The quantitative estimate of drug-likeness (QED) is 0.834. The summed E-state index contributed by atoms with van der Waals surface area (Å²) in [5.74, 6) is 1.75. The van der Waals surface area contributed by atoms with Crippen LogP contribution in [0.25, 0.3) is 0 Å². The lowest BCUT2D eigenvalue weighted by molar-refractivity contribution is 0.269. The Bertz CT molecular complexity index is 347. The zero-order valence-corrected chi connectivity index (χ0v) is 10.4. The van der Waals surface area contributed by atoms with Gasteiger partial charge in [-0.25, -0.2) is 0 Å². The molecule has 0 fully saturated rings. The normalized spacial score (nSPS) is 12.3. The van der Waals surface area contributed by atoms with Crippen LogP contribution >= 0.6 is 0 Å². The number of aliphatic hydroxyl groups is 1. The summed E-state index contributed by atoms with van der Waals surface area (Å²) in [5, 5.41) is 9.21. The van der Waals surface area contributed by atoms with Crippen molar-refractivity contribution in [2.24, 2.45) is 0 Å². The first-order valence-electron chi connectivity index (χ1n) is 5.54. The highest BCUT2D eigenvalue weighted by atomic mass is 16.5. The minimum atomic E-state index is 0.0751. The third-order valence-corrected chi connectivity index (χ3v) is 2.83. The molecule has 1 N–H and O–H groups in total. The standard InChI is InChI=1S/C13H20O3/c1-5-10-12(15-3)7-6-11(9(2)8-14)13(10)16-4/h6-7,9,14H,5,8H2,1-4H3. The largest absolute Gasteiger partial charge is 0.496 e. The molecule has 0 aliphatic carbocycles. The van der Waals surface area contributed by atoms with Gasteiger partial charge in [-0.1, -0.05) is 19.9 Å². The predicted molar refractivity (Wildman–Crippen MR) is 64.4 cm³/mol. The molecule has 1 unspecified atom stereocenters. The number of ether oxygens (including phenoxy) is 2. The maximum absolute atomic E-state index is 9.21. The van der Waals surface area contributed by atoms with Crippen molar-refractivity contribution in [3.63, 3.8) is 0 Å². The predicted octanol–water partition coefficient (Wildman–Crippen LogP) is 2.36. The summed E-state index contributed by atoms with van der Waals surface area (Å²) in [7, 11) is 3.31. The summed E-state index contributed by atoms with van der Waals surface area (Å²) in [6.45, 7) is 4.16. The van der Waals surface area contributed by atoms with E-state index in [9.17, 15) is 5.11 Å². The van der Waals surface area contributed by atoms with Crippen LogP contribution in [0, 0.1) is 0 Å². The summed E-state index contributed by atoms with van der Waals surface area (Å²) in [6.07, 6.45) is 0.846. The van der Waals surface area contributed by atoms with E-state index < -0.39 is 0 Å². The fourth-order valence-corrected chi connectivity index (χ4v) is 1.88. The first-order valence-corrected chi connectivity index (χ1v) is 5.54. The van der Waals surface area contributed by atoms with Gasteiger partial charge in [0.2, 0.25) is 0 Å². The van der Waals surface area contributed by atoms with E-state index in [1.54, 1.807) is 14.2 Å². The molecule has 3 heteroatoms. The molecule has 0 bridgehead atoms. The van der Waals surface area contributed by atoms with Crippen LogP contribution < -0.4 is 9.47 Å². The summed E-state index contributed by atoms with van der Waals surface area (Å²) in [6, 6.07) is 3.89. The number of hydrogen-bond donors (Lipinski definition) is 1. The van der Waals surface area contributed by atoms with E-state index in [0.717, 1.165) is 29.0 Å². The van der Waals surface area contributed by atoms with Gasteiger partial charge in [-0.05, 0) is 18.1 Å². The fraction of sp³-hybridized carbons (Fsp3) is 0.538. The molecule has 0 amide bonds. The number of aliphatic hydroxyl groups excluding tert-OH is 1. The summed E-state index contributed by atoms with van der Waals surface area (Å²) in [4.78, 5) is 0. The average Bonchev–Trinajstić information content (AvgIpc) is 2.35. The number of benzene rings is 1. The van der Waals surface area contributed by atoms with Crippen molar-refractivity contribution in [1.82, 2.24) is 0 Å². The van der Waals surface area contributed by atoms with E-state index in [1.807, 2.05) is 19.1 Å². The molecule has 0 aliphatic heterocycles. The van der Waals surface area contributed by atoms with Crippen molar-refractivity contribution in [3.8, 4) is 11.5 Å². The molecule has 1 rings (SSSR count). The van der Waals surface area contributed by atoms with E-state index >= 15 is 0 Å². The zero-order chi connectivity index (χ0) is 12.1. The van der Waals surface area contributed by atoms with Gasteiger partial charge in [0.25, 0.3) is 0 Å². The van der Waals surface area contributed by atoms with Gasteiger partial charge < -0.3 is 14.6 Å². The Labute approximate surface area is 97.0 Å². The first-order chi connectivity index (χ1) is 7.69. The van der Waals surface area contributed by atoms with Gasteiger partial charge in [0.15, 0.2) is 0 Å². The second kappa shape index (κ2) is 5.75. The van der Waals surface area contributed by atoms with E-state index in [4.69, 9.17) is 9.47 Å². The Morgan fingerprint density at radius 2 is 1.94 bits per heavy atom. The van der Waals surface area contributed by atoms with E-state index in [2.05, 4.69) is 6.92 Å². The Morgan fingerprint density at radius 1 is 1.25 bits per heavy atom. The lowest BCUT2D eigenvalue weighted by Gasteiger charge is -2.18. The van der Waals surface area contributed by atoms with Gasteiger partial charge in [0.05, 0.1) is 14.2 Å². The minimum absolute atomic E-state index is 0.0751. The molecule has 3 nitrogen and oxygen atoms in total. The van der Waals surface area contributed by atoms with Crippen LogP contribution in [0.15, 0.2) is 12.1 Å². The highest BCUT2D eigenvalue weighted by Gasteiger charge is 2.17. The summed E-state index contributed by atoms with van der Waals surface area (Å²) < 4.78 is 10.7. The highest BCUT2D eigenvalue weighted by Crippen LogP contribution is 2.36. The number of rotatable bonds is 5. The zero-order valence-electron chi connectivity index (χ0n) is 10.4. The molecular weight excluding hydrogens is 204 g/mol. The van der Waals surface area contributed by atoms with Crippen molar-refractivity contribution in [2.75, 3.05) is 20.8 Å². The molecule has 0 saturated heterocycles. The molecule has 0 spiro atoms. The molecule has 1 atom stereocenters. The third kappa shape index (κ3) is 2.30. The van der Waals surface area contributed by atoms with Crippen molar-refractivity contribution in [1.29, 1.82) is 0 Å². The molecule has 0 aromatic heterocycles. The van der Waals surface area contributed by atoms with Gasteiger partial charge in [-0.2, -0.15) is 0 Å². The third-order valence-electron chi connectivity index (χ3n) is 2.83. The SMILES string of the molecule is CCc1c(OC)ccc(C(C)CO)c1OC. The van der Waals surface area contributed by atoms with Gasteiger partial charge in [-0.3, -0.25) is 0 Å². The monoisotopic (exact) mass is 224 g/mol. The van der Waals surface area contributed by atoms with Crippen LogP contribution in [0.5, 0.6) is 11.5 Å². The molecular formula is C13H20O3. The number of methoxy groups -OCH3 is 2. The maximum atomic E-state index is 9.21. The average molecular weight is 224 g/mol. The Morgan fingerprint density at radius 3 is 2.38 bits per heavy atom. The molecule has 0 radical (unpaired) electrons. The molecule has 90 valence electrons. The number of hydrogen-bond acceptors (Lipinski definition) is 3. The molecule has 16 heavy (non-hydrogen) atoms. The molecule has 1 aromatic rings. The lowest BCUT2D eigenvalue weighted by Crippen LogP contribution is -2.05. The first kappa shape index (κ1) is 12.8. The van der Waals surface area contributed by atoms with E-state index in [-0.39, 0.29) is 12.5 Å². The summed E-state index contributed by atoms with van der Waals surface area (Å²) >= 11 is 0. The van der Waals surface area contributed by atoms with Crippen molar-refractivity contribution >= 4 is 0 Å². The second-order valence-corrected chi connectivity index (χ2v) is 3.81. The summed E-state index contributed by atoms with van der Waals surface area (Å²) in [5.41, 5.74) is 2.09. The molecule has 0 heterocycles. The van der Waals surface area contributed by atoms with Gasteiger partial charge in [0, 0.05) is 18.1 Å². The van der Waals surface area contributed by atoms with Crippen LogP contribution in [0.4, 0.5) is 0 Å². The Hall–Kier alpha value is -1.22. The van der Waals surface area contributed by atoms with Crippen LogP contribution in [0.2, 0.25) is 0 Å². The van der Waals surface area contributed by atoms with Gasteiger partial charge >= 0.3 is 0 Å². The highest BCUT2D eigenvalue weighted by molar-refractivity contribution is 5.51. The molecule has 1 aromatic carbocycles. The van der Waals surface area contributed by atoms with Gasteiger partial charge in [0.1, 0.15) is 11.5 Å². The smallest absolute Gasteiger partial charge is 0.129 e. The van der Waals surface area contributed by atoms with Gasteiger partial charge in [-0.15, -0.1) is 0 Å². The molecule has 0 saturated carbocycles. The van der Waals surface area contributed by atoms with E-state index in [0.29, 0.717) is 0 Å². The van der Waals surface area contributed by atoms with Crippen LogP contribution in [0.3, 0.4) is 0 Å². The fourth-order valence-electron chi connectivity index (χ4n) is 1.88. The van der Waals surface area contributed by atoms with Crippen molar-refractivity contribution in [2.45, 2.75) is 26.2 Å². The topological polar surface area (TPSA) is 38.7 Å². The van der Waals surface area contributed by atoms with E-state index in [1.165, 1.54) is 0 Å². The minimum Gasteiger partial charge on any atom is -0.496 e. The Balaban J connectivity index is 3.31. The van der Waals surface area contributed by atoms with Crippen LogP contribution in [-0.2, 0) is 6.42 Å². The van der Waals surface area contributed by atoms with Crippen LogP contribution in [0.1, 0.15) is 30.9 Å².